The van der Waals surface area contributed by atoms with Gasteiger partial charge >= 0.3 is 0 Å². The minimum Gasteiger partial charge on any atom is -0.399 e. The number of aryl methyl sites for hydroxylation is 1. The first kappa shape index (κ1) is 15.5. The lowest BCUT2D eigenvalue weighted by atomic mass is 10.2. The predicted molar refractivity (Wildman–Crippen MR) is 86.5 cm³/mol. The molecule has 0 aliphatic rings. The Kier molecular flexibility index (Phi) is 4.85. The third-order valence-corrected chi connectivity index (χ3v) is 5.99. The Morgan fingerprint density at radius 3 is 2.65 bits per heavy atom. The topological polar surface area (TPSA) is 72.2 Å². The van der Waals surface area contributed by atoms with Gasteiger partial charge in [-0.05, 0) is 65.2 Å². The van der Waals surface area contributed by atoms with E-state index in [9.17, 15) is 8.42 Å². The summed E-state index contributed by atoms with van der Waals surface area (Å²) in [5, 5.41) is 0. The number of thiophene rings is 1. The van der Waals surface area contributed by atoms with E-state index in [-0.39, 0.29) is 4.90 Å². The van der Waals surface area contributed by atoms with Crippen LogP contribution in [0.25, 0.3) is 0 Å². The highest BCUT2D eigenvalue weighted by atomic mass is 79.9. The summed E-state index contributed by atoms with van der Waals surface area (Å²) in [6.45, 7) is 2.16. The van der Waals surface area contributed by atoms with Crippen molar-refractivity contribution < 1.29 is 8.42 Å². The normalized spacial score (nSPS) is 11.7. The molecule has 0 bridgehead atoms. The Morgan fingerprint density at radius 1 is 1.30 bits per heavy atom. The molecule has 0 aliphatic carbocycles. The summed E-state index contributed by atoms with van der Waals surface area (Å²) in [5.41, 5.74) is 7.04. The molecule has 20 heavy (non-hydrogen) atoms. The minimum atomic E-state index is -3.48. The van der Waals surface area contributed by atoms with Gasteiger partial charge in [0, 0.05) is 17.1 Å². The molecular weight excluding hydrogens is 360 g/mol. The molecule has 0 amide bonds. The highest BCUT2D eigenvalue weighted by Crippen LogP contribution is 2.22. The van der Waals surface area contributed by atoms with Crippen LogP contribution in [0, 0.1) is 6.92 Å². The van der Waals surface area contributed by atoms with Crippen LogP contribution in [0.4, 0.5) is 5.69 Å². The first-order valence-electron chi connectivity index (χ1n) is 5.98. The van der Waals surface area contributed by atoms with Crippen molar-refractivity contribution in [2.24, 2.45) is 0 Å². The molecule has 0 saturated heterocycles. The second-order valence-electron chi connectivity index (χ2n) is 4.37. The van der Waals surface area contributed by atoms with Crippen LogP contribution in [0.15, 0.2) is 39.0 Å². The zero-order valence-corrected chi connectivity index (χ0v) is 14.1. The largest absolute Gasteiger partial charge is 0.399 e. The van der Waals surface area contributed by atoms with E-state index >= 15 is 0 Å². The SMILES string of the molecule is Cc1cc(S(=O)(=O)NCCc2ccc(Br)s2)ccc1N. The lowest BCUT2D eigenvalue weighted by Crippen LogP contribution is -2.25. The lowest BCUT2D eigenvalue weighted by Gasteiger charge is -2.08. The molecule has 2 aromatic rings. The predicted octanol–water partition coefficient (Wildman–Crippen LogP) is 2.92. The fraction of sp³-hybridized carbons (Fsp3) is 0.231. The molecule has 0 spiro atoms. The molecule has 0 unspecified atom stereocenters. The van der Waals surface area contributed by atoms with Crippen LogP contribution in [0.3, 0.4) is 0 Å². The molecule has 0 saturated carbocycles. The molecule has 1 aromatic heterocycles. The van der Waals surface area contributed by atoms with E-state index in [1.807, 2.05) is 12.1 Å². The number of rotatable bonds is 5. The molecule has 0 fully saturated rings. The first-order chi connectivity index (χ1) is 9.38. The Morgan fingerprint density at radius 2 is 2.05 bits per heavy atom. The van der Waals surface area contributed by atoms with Crippen molar-refractivity contribution in [2.45, 2.75) is 18.2 Å². The molecule has 0 atom stereocenters. The Hall–Kier alpha value is -0.890. The number of hydrogen-bond acceptors (Lipinski definition) is 4. The van der Waals surface area contributed by atoms with Gasteiger partial charge in [-0.1, -0.05) is 0 Å². The fourth-order valence-corrected chi connectivity index (χ4v) is 4.29. The number of sulfonamides is 1. The monoisotopic (exact) mass is 374 g/mol. The third kappa shape index (κ3) is 3.82. The number of halogens is 1. The molecule has 3 N–H and O–H groups in total. The van der Waals surface area contributed by atoms with Gasteiger partial charge < -0.3 is 5.73 Å². The van der Waals surface area contributed by atoms with Crippen molar-refractivity contribution in [3.05, 3.63) is 44.6 Å². The fourth-order valence-electron chi connectivity index (χ4n) is 1.69. The highest BCUT2D eigenvalue weighted by molar-refractivity contribution is 9.11. The van der Waals surface area contributed by atoms with E-state index < -0.39 is 10.0 Å². The molecule has 7 heteroatoms. The van der Waals surface area contributed by atoms with Crippen molar-refractivity contribution in [1.82, 2.24) is 4.72 Å². The van der Waals surface area contributed by atoms with E-state index in [1.165, 1.54) is 6.07 Å². The summed E-state index contributed by atoms with van der Waals surface area (Å²) in [5.74, 6) is 0. The smallest absolute Gasteiger partial charge is 0.240 e. The second-order valence-corrected chi connectivity index (χ2v) is 8.69. The first-order valence-corrected chi connectivity index (χ1v) is 9.08. The molecule has 1 heterocycles. The van der Waals surface area contributed by atoms with E-state index in [2.05, 4.69) is 20.7 Å². The zero-order chi connectivity index (χ0) is 14.8. The van der Waals surface area contributed by atoms with Crippen LogP contribution in [0.5, 0.6) is 0 Å². The van der Waals surface area contributed by atoms with E-state index in [0.717, 1.165) is 14.2 Å². The minimum absolute atomic E-state index is 0.247. The quantitative estimate of drug-likeness (QED) is 0.790. The second kappa shape index (κ2) is 6.26. The van der Waals surface area contributed by atoms with E-state index in [1.54, 1.807) is 30.4 Å². The summed E-state index contributed by atoms with van der Waals surface area (Å²) in [4.78, 5) is 1.38. The molecule has 2 rings (SSSR count). The summed E-state index contributed by atoms with van der Waals surface area (Å²) in [6, 6.07) is 8.65. The number of hydrogen-bond donors (Lipinski definition) is 2. The highest BCUT2D eigenvalue weighted by Gasteiger charge is 2.14. The van der Waals surface area contributed by atoms with Gasteiger partial charge in [0.05, 0.1) is 8.68 Å². The number of nitrogens with one attached hydrogen (secondary N) is 1. The lowest BCUT2D eigenvalue weighted by molar-refractivity contribution is 0.582. The summed E-state index contributed by atoms with van der Waals surface area (Å²) >= 11 is 4.99. The third-order valence-electron chi connectivity index (χ3n) is 2.84. The van der Waals surface area contributed by atoms with E-state index in [0.29, 0.717) is 18.7 Å². The van der Waals surface area contributed by atoms with Crippen molar-refractivity contribution >= 4 is 43.0 Å². The Labute approximate surface area is 131 Å². The van der Waals surface area contributed by atoms with Crippen molar-refractivity contribution in [2.75, 3.05) is 12.3 Å². The zero-order valence-electron chi connectivity index (χ0n) is 10.9. The van der Waals surface area contributed by atoms with Gasteiger partial charge in [-0.3, -0.25) is 0 Å². The molecule has 108 valence electrons. The standard InChI is InChI=1S/C13H15BrN2O2S2/c1-9-8-11(3-4-12(9)15)20(17,18)16-7-6-10-2-5-13(14)19-10/h2-5,8,16H,6-7,15H2,1H3. The number of anilines is 1. The van der Waals surface area contributed by atoms with Gasteiger partial charge in [0.1, 0.15) is 0 Å². The molecular formula is C13H15BrN2O2S2. The van der Waals surface area contributed by atoms with Crippen LogP contribution in [-0.4, -0.2) is 15.0 Å². The van der Waals surface area contributed by atoms with Crippen LogP contribution in [0.1, 0.15) is 10.4 Å². The molecule has 0 radical (unpaired) electrons. The van der Waals surface area contributed by atoms with Gasteiger partial charge in [-0.15, -0.1) is 11.3 Å². The molecule has 1 aromatic carbocycles. The summed E-state index contributed by atoms with van der Waals surface area (Å²) in [6.07, 6.45) is 0.670. The maximum atomic E-state index is 12.1. The van der Waals surface area contributed by atoms with E-state index in [4.69, 9.17) is 5.73 Å². The van der Waals surface area contributed by atoms with Gasteiger partial charge in [0.25, 0.3) is 0 Å². The van der Waals surface area contributed by atoms with Gasteiger partial charge in [0.15, 0.2) is 0 Å². The van der Waals surface area contributed by atoms with Crippen molar-refractivity contribution in [3.8, 4) is 0 Å². The maximum absolute atomic E-state index is 12.1. The van der Waals surface area contributed by atoms with Crippen LogP contribution in [0.2, 0.25) is 0 Å². The summed E-state index contributed by atoms with van der Waals surface area (Å²) < 4.78 is 27.9. The molecule has 4 nitrogen and oxygen atoms in total. The van der Waals surface area contributed by atoms with Crippen LogP contribution >= 0.6 is 27.3 Å². The Bertz CT molecular complexity index is 711. The van der Waals surface area contributed by atoms with Gasteiger partial charge in [-0.2, -0.15) is 0 Å². The number of nitrogen functional groups attached to an aromatic ring is 1. The average Bonchev–Trinajstić information content (AvgIpc) is 2.78. The Balaban J connectivity index is 2.02. The van der Waals surface area contributed by atoms with Crippen LogP contribution < -0.4 is 10.5 Å². The van der Waals surface area contributed by atoms with Crippen LogP contribution in [-0.2, 0) is 16.4 Å². The van der Waals surface area contributed by atoms with Gasteiger partial charge in [0.2, 0.25) is 10.0 Å². The number of nitrogens with two attached hydrogens (primary N) is 1. The number of benzene rings is 1. The van der Waals surface area contributed by atoms with Gasteiger partial charge in [-0.25, -0.2) is 13.1 Å². The van der Waals surface area contributed by atoms with Crippen molar-refractivity contribution in [3.63, 3.8) is 0 Å². The average molecular weight is 375 g/mol. The summed E-state index contributed by atoms with van der Waals surface area (Å²) in [7, 11) is -3.48. The maximum Gasteiger partial charge on any atom is 0.240 e. The molecule has 0 aliphatic heterocycles. The van der Waals surface area contributed by atoms with Crippen molar-refractivity contribution in [1.29, 1.82) is 0 Å².